The van der Waals surface area contributed by atoms with Gasteiger partial charge in [-0.25, -0.2) is 4.68 Å². The lowest BCUT2D eigenvalue weighted by atomic mass is 10.1. The Balaban J connectivity index is 1.37. The number of likely N-dealkylation sites (tertiary alicyclic amines) is 1. The average Bonchev–Trinajstić information content (AvgIpc) is 3.33. The minimum absolute atomic E-state index is 0.0278. The van der Waals surface area contributed by atoms with Crippen molar-refractivity contribution >= 4 is 17.5 Å². The summed E-state index contributed by atoms with van der Waals surface area (Å²) >= 11 is 0. The molecule has 0 radical (unpaired) electrons. The molecule has 1 aromatic heterocycles. The lowest BCUT2D eigenvalue weighted by Crippen LogP contribution is -2.30. The minimum Gasteiger partial charge on any atom is -0.342 e. The molecule has 1 atom stereocenters. The van der Waals surface area contributed by atoms with Gasteiger partial charge in [0.25, 0.3) is 0 Å². The summed E-state index contributed by atoms with van der Waals surface area (Å²) in [4.78, 5) is 26.8. The number of aromatic nitrogens is 4. The lowest BCUT2D eigenvalue weighted by molar-refractivity contribution is -0.128. The molecule has 29 heavy (non-hydrogen) atoms. The van der Waals surface area contributed by atoms with Crippen LogP contribution in [0.1, 0.15) is 12.0 Å². The number of amides is 2. The third-order valence-corrected chi connectivity index (χ3v) is 5.11. The predicted molar refractivity (Wildman–Crippen MR) is 108 cm³/mol. The molecule has 0 unspecified atom stereocenters. The van der Waals surface area contributed by atoms with E-state index in [1.165, 1.54) is 5.56 Å². The quantitative estimate of drug-likeness (QED) is 0.694. The Morgan fingerprint density at radius 2 is 2.00 bits per heavy atom. The van der Waals surface area contributed by atoms with Crippen molar-refractivity contribution in [2.24, 2.45) is 13.0 Å². The van der Waals surface area contributed by atoms with E-state index in [-0.39, 0.29) is 24.2 Å². The highest BCUT2D eigenvalue weighted by Crippen LogP contribution is 2.23. The molecule has 8 heteroatoms. The summed E-state index contributed by atoms with van der Waals surface area (Å²) in [5, 5.41) is 14.4. The van der Waals surface area contributed by atoms with E-state index in [2.05, 4.69) is 20.8 Å². The van der Waals surface area contributed by atoms with Crippen molar-refractivity contribution in [3.8, 4) is 11.4 Å². The highest BCUT2D eigenvalue weighted by Gasteiger charge is 2.34. The van der Waals surface area contributed by atoms with Gasteiger partial charge in [-0.15, -0.1) is 5.10 Å². The highest BCUT2D eigenvalue weighted by molar-refractivity contribution is 5.97. The van der Waals surface area contributed by atoms with Crippen LogP contribution in [-0.4, -0.2) is 50.0 Å². The number of carbonyl (C=O) groups is 2. The van der Waals surface area contributed by atoms with Gasteiger partial charge in [-0.1, -0.05) is 42.5 Å². The van der Waals surface area contributed by atoms with Crippen LogP contribution in [-0.2, 0) is 23.1 Å². The van der Waals surface area contributed by atoms with Gasteiger partial charge in [-0.2, -0.15) is 0 Å². The summed E-state index contributed by atoms with van der Waals surface area (Å²) in [6.07, 6.45) is 1.03. The molecule has 1 saturated heterocycles. The van der Waals surface area contributed by atoms with Crippen molar-refractivity contribution < 1.29 is 9.59 Å². The van der Waals surface area contributed by atoms with Crippen LogP contribution in [0.3, 0.4) is 0 Å². The predicted octanol–water partition coefficient (Wildman–Crippen LogP) is 1.91. The number of nitrogens with one attached hydrogen (secondary N) is 1. The molecule has 0 bridgehead atoms. The van der Waals surface area contributed by atoms with Crippen LogP contribution >= 0.6 is 0 Å². The normalized spacial score (nSPS) is 16.2. The Bertz CT molecular complexity index is 1020. The first kappa shape index (κ1) is 18.8. The molecule has 2 heterocycles. The van der Waals surface area contributed by atoms with Gasteiger partial charge in [0, 0.05) is 37.8 Å². The van der Waals surface area contributed by atoms with Gasteiger partial charge in [0.2, 0.25) is 11.8 Å². The van der Waals surface area contributed by atoms with Gasteiger partial charge in [0.15, 0.2) is 5.82 Å². The Morgan fingerprint density at radius 3 is 2.76 bits per heavy atom. The van der Waals surface area contributed by atoms with Crippen LogP contribution in [0.5, 0.6) is 0 Å². The van der Waals surface area contributed by atoms with E-state index in [1.807, 2.05) is 54.6 Å². The molecule has 148 valence electrons. The number of aryl methyl sites for hydroxylation is 1. The van der Waals surface area contributed by atoms with E-state index in [1.54, 1.807) is 16.6 Å². The Morgan fingerprint density at radius 1 is 1.17 bits per heavy atom. The number of tetrazole rings is 1. The van der Waals surface area contributed by atoms with Crippen molar-refractivity contribution in [1.82, 2.24) is 25.1 Å². The van der Waals surface area contributed by atoms with Crippen LogP contribution in [0.2, 0.25) is 0 Å². The van der Waals surface area contributed by atoms with Crippen molar-refractivity contribution in [2.75, 3.05) is 18.4 Å². The second kappa shape index (κ2) is 8.22. The van der Waals surface area contributed by atoms with Crippen molar-refractivity contribution in [1.29, 1.82) is 0 Å². The molecule has 1 fully saturated rings. The molecule has 0 saturated carbocycles. The van der Waals surface area contributed by atoms with Crippen molar-refractivity contribution in [3.05, 3.63) is 60.2 Å². The molecule has 8 nitrogen and oxygen atoms in total. The molecule has 2 amide bonds. The molecule has 2 aromatic carbocycles. The van der Waals surface area contributed by atoms with Gasteiger partial charge in [-0.05, 0) is 34.5 Å². The number of carbonyl (C=O) groups excluding carboxylic acids is 2. The standard InChI is InChI=1S/C21H22N6O2/c1-26-20(23-24-25-26)16-8-5-9-18(12-16)22-21(29)17-13-19(28)27(14-17)11-10-15-6-3-2-4-7-15/h2-9,12,17H,10-11,13-14H2,1H3,(H,22,29)/t17-/m0/s1. The average molecular weight is 390 g/mol. The maximum absolute atomic E-state index is 12.7. The fourth-order valence-electron chi connectivity index (χ4n) is 3.53. The fraction of sp³-hybridized carbons (Fsp3) is 0.286. The minimum atomic E-state index is -0.349. The first-order valence-corrected chi connectivity index (χ1v) is 9.55. The van der Waals surface area contributed by atoms with Gasteiger partial charge in [-0.3, -0.25) is 9.59 Å². The fourth-order valence-corrected chi connectivity index (χ4v) is 3.53. The Labute approximate surface area is 168 Å². The smallest absolute Gasteiger partial charge is 0.229 e. The molecule has 3 aromatic rings. The summed E-state index contributed by atoms with van der Waals surface area (Å²) in [6.45, 7) is 1.08. The van der Waals surface area contributed by atoms with E-state index in [4.69, 9.17) is 0 Å². The maximum atomic E-state index is 12.7. The molecule has 0 aliphatic carbocycles. The summed E-state index contributed by atoms with van der Waals surface area (Å²) in [5.74, 6) is 0.149. The first-order valence-electron chi connectivity index (χ1n) is 9.55. The summed E-state index contributed by atoms with van der Waals surface area (Å²) in [5.41, 5.74) is 2.65. The Hall–Kier alpha value is -3.55. The zero-order chi connectivity index (χ0) is 20.2. The van der Waals surface area contributed by atoms with Crippen LogP contribution in [0.4, 0.5) is 5.69 Å². The number of nitrogens with zero attached hydrogens (tertiary/aromatic N) is 5. The molecule has 1 aliphatic rings. The second-order valence-corrected chi connectivity index (χ2v) is 7.17. The molecule has 4 rings (SSSR count). The number of hydrogen-bond donors (Lipinski definition) is 1. The van der Waals surface area contributed by atoms with Gasteiger partial charge in [0.05, 0.1) is 5.92 Å². The molecule has 0 spiro atoms. The van der Waals surface area contributed by atoms with E-state index in [0.29, 0.717) is 24.6 Å². The number of rotatable bonds is 6. The van der Waals surface area contributed by atoms with Crippen molar-refractivity contribution in [2.45, 2.75) is 12.8 Å². The number of hydrogen-bond acceptors (Lipinski definition) is 5. The maximum Gasteiger partial charge on any atom is 0.229 e. The van der Waals surface area contributed by atoms with Crippen LogP contribution in [0.25, 0.3) is 11.4 Å². The Kier molecular flexibility index (Phi) is 5.33. The van der Waals surface area contributed by atoms with Gasteiger partial charge in [0.1, 0.15) is 0 Å². The molecule has 1 aliphatic heterocycles. The van der Waals surface area contributed by atoms with E-state index < -0.39 is 0 Å². The third kappa shape index (κ3) is 4.31. The summed E-state index contributed by atoms with van der Waals surface area (Å²) in [7, 11) is 1.76. The number of anilines is 1. The molecule has 1 N–H and O–H groups in total. The SMILES string of the molecule is Cn1nnnc1-c1cccc(NC(=O)[C@H]2CC(=O)N(CCc3ccccc3)C2)c1. The second-order valence-electron chi connectivity index (χ2n) is 7.17. The molecular weight excluding hydrogens is 368 g/mol. The first-order chi connectivity index (χ1) is 14.1. The largest absolute Gasteiger partial charge is 0.342 e. The van der Waals surface area contributed by atoms with Crippen LogP contribution in [0, 0.1) is 5.92 Å². The van der Waals surface area contributed by atoms with E-state index in [0.717, 1.165) is 12.0 Å². The zero-order valence-electron chi connectivity index (χ0n) is 16.2. The van der Waals surface area contributed by atoms with Gasteiger partial charge < -0.3 is 10.2 Å². The summed E-state index contributed by atoms with van der Waals surface area (Å²) in [6, 6.07) is 17.4. The van der Waals surface area contributed by atoms with E-state index in [9.17, 15) is 9.59 Å². The number of benzene rings is 2. The topological polar surface area (TPSA) is 93.0 Å². The molecular formula is C21H22N6O2. The lowest BCUT2D eigenvalue weighted by Gasteiger charge is -2.16. The van der Waals surface area contributed by atoms with E-state index >= 15 is 0 Å². The van der Waals surface area contributed by atoms with Crippen molar-refractivity contribution in [3.63, 3.8) is 0 Å². The zero-order valence-corrected chi connectivity index (χ0v) is 16.2. The monoisotopic (exact) mass is 390 g/mol. The van der Waals surface area contributed by atoms with Gasteiger partial charge >= 0.3 is 0 Å². The highest BCUT2D eigenvalue weighted by atomic mass is 16.2. The van der Waals surface area contributed by atoms with Crippen LogP contribution in [0.15, 0.2) is 54.6 Å². The third-order valence-electron chi connectivity index (χ3n) is 5.11. The summed E-state index contributed by atoms with van der Waals surface area (Å²) < 4.78 is 1.57. The van der Waals surface area contributed by atoms with Crippen LogP contribution < -0.4 is 5.32 Å².